The van der Waals surface area contributed by atoms with Crippen molar-refractivity contribution in [2.24, 2.45) is 0 Å². The van der Waals surface area contributed by atoms with Crippen LogP contribution < -0.4 is 14.8 Å². The van der Waals surface area contributed by atoms with Crippen molar-refractivity contribution in [3.63, 3.8) is 0 Å². The van der Waals surface area contributed by atoms with Crippen LogP contribution in [0, 0.1) is 13.8 Å². The molecule has 2 aromatic carbocycles. The van der Waals surface area contributed by atoms with Gasteiger partial charge in [0.1, 0.15) is 5.75 Å². The minimum absolute atomic E-state index is 0.0422. The second kappa shape index (κ2) is 9.71. The molecule has 152 valence electrons. The van der Waals surface area contributed by atoms with Gasteiger partial charge in [0.2, 0.25) is 15.9 Å². The van der Waals surface area contributed by atoms with E-state index in [0.29, 0.717) is 5.56 Å². The minimum atomic E-state index is -3.64. The fraction of sp³-hybridized carbons (Fsp3) is 0.381. The van der Waals surface area contributed by atoms with Crippen molar-refractivity contribution in [3.8, 4) is 5.75 Å². The highest BCUT2D eigenvalue weighted by atomic mass is 32.2. The predicted octanol–water partition coefficient (Wildman–Crippen LogP) is 3.25. The number of hydrogen-bond acceptors (Lipinski definition) is 4. The molecule has 7 heteroatoms. The van der Waals surface area contributed by atoms with Gasteiger partial charge < -0.3 is 10.1 Å². The molecule has 0 saturated heterocycles. The number of carbonyl (C=O) groups excluding carboxylic acids is 1. The van der Waals surface area contributed by atoms with Crippen LogP contribution in [0.3, 0.4) is 0 Å². The molecular weight excluding hydrogens is 376 g/mol. The van der Waals surface area contributed by atoms with E-state index < -0.39 is 10.0 Å². The van der Waals surface area contributed by atoms with Crippen LogP contribution in [-0.2, 0) is 14.8 Å². The van der Waals surface area contributed by atoms with Gasteiger partial charge in [0.15, 0.2) is 0 Å². The van der Waals surface area contributed by atoms with Crippen molar-refractivity contribution in [1.82, 2.24) is 10.0 Å². The first-order valence-electron chi connectivity index (χ1n) is 9.27. The van der Waals surface area contributed by atoms with Crippen molar-refractivity contribution < 1.29 is 17.9 Å². The highest BCUT2D eigenvalue weighted by molar-refractivity contribution is 7.89. The smallest absolute Gasteiger partial charge is 0.240 e. The van der Waals surface area contributed by atoms with E-state index in [1.807, 2.05) is 44.2 Å². The van der Waals surface area contributed by atoms with Crippen LogP contribution in [0.25, 0.3) is 0 Å². The molecule has 0 bridgehead atoms. The molecule has 0 saturated carbocycles. The molecule has 1 amide bonds. The van der Waals surface area contributed by atoms with Crippen LogP contribution in [0.1, 0.15) is 42.5 Å². The highest BCUT2D eigenvalue weighted by Gasteiger charge is 2.18. The first-order valence-corrected chi connectivity index (χ1v) is 10.8. The molecule has 2 N–H and O–H groups in total. The second-order valence-electron chi connectivity index (χ2n) is 6.72. The lowest BCUT2D eigenvalue weighted by Gasteiger charge is -2.18. The van der Waals surface area contributed by atoms with Crippen molar-refractivity contribution >= 4 is 15.9 Å². The molecular formula is C21H28N2O4S. The molecule has 6 nitrogen and oxygen atoms in total. The maximum Gasteiger partial charge on any atom is 0.240 e. The van der Waals surface area contributed by atoms with E-state index in [-0.39, 0.29) is 29.8 Å². The number of carbonyl (C=O) groups is 1. The summed E-state index contributed by atoms with van der Waals surface area (Å²) in [7, 11) is -2.04. The van der Waals surface area contributed by atoms with Gasteiger partial charge in [0.25, 0.3) is 0 Å². The third-order valence-electron chi connectivity index (χ3n) is 4.53. The second-order valence-corrected chi connectivity index (χ2v) is 8.45. The average Bonchev–Trinajstić information content (AvgIpc) is 2.65. The number of amides is 1. The lowest BCUT2D eigenvalue weighted by Crippen LogP contribution is -2.33. The van der Waals surface area contributed by atoms with Crippen LogP contribution in [0.5, 0.6) is 5.75 Å². The van der Waals surface area contributed by atoms with Crippen LogP contribution >= 0.6 is 0 Å². The number of rotatable bonds is 9. The van der Waals surface area contributed by atoms with E-state index >= 15 is 0 Å². The quantitative estimate of drug-likeness (QED) is 0.672. The zero-order valence-corrected chi connectivity index (χ0v) is 17.6. The van der Waals surface area contributed by atoms with Crippen molar-refractivity contribution in [2.75, 3.05) is 13.7 Å². The summed E-state index contributed by atoms with van der Waals surface area (Å²) in [6, 6.07) is 12.6. The van der Waals surface area contributed by atoms with Gasteiger partial charge in [-0.3, -0.25) is 4.79 Å². The molecule has 0 spiro atoms. The molecule has 0 aliphatic heterocycles. The monoisotopic (exact) mass is 404 g/mol. The molecule has 0 heterocycles. The number of nitrogens with one attached hydrogen (secondary N) is 2. The van der Waals surface area contributed by atoms with Gasteiger partial charge in [-0.25, -0.2) is 13.1 Å². The molecule has 0 aliphatic carbocycles. The number of hydrogen-bond donors (Lipinski definition) is 2. The van der Waals surface area contributed by atoms with E-state index in [2.05, 4.69) is 10.0 Å². The van der Waals surface area contributed by atoms with Gasteiger partial charge in [-0.05, 0) is 49.6 Å². The van der Waals surface area contributed by atoms with Gasteiger partial charge in [-0.2, -0.15) is 0 Å². The number of methoxy groups -OCH3 is 1. The number of aryl methyl sites for hydroxylation is 2. The normalized spacial score (nSPS) is 12.4. The van der Waals surface area contributed by atoms with Crippen LogP contribution in [0.4, 0.5) is 0 Å². The Bertz CT molecular complexity index is 909. The maximum absolute atomic E-state index is 12.5. The van der Waals surface area contributed by atoms with Crippen LogP contribution in [-0.4, -0.2) is 28.0 Å². The third-order valence-corrected chi connectivity index (χ3v) is 6.15. The Morgan fingerprint density at radius 1 is 1.11 bits per heavy atom. The Morgan fingerprint density at radius 3 is 2.36 bits per heavy atom. The lowest BCUT2D eigenvalue weighted by molar-refractivity contribution is -0.121. The summed E-state index contributed by atoms with van der Waals surface area (Å²) in [4.78, 5) is 12.5. The summed E-state index contributed by atoms with van der Waals surface area (Å²) in [6.07, 6.45) is 0.795. The SMILES string of the molecule is CCC(NC(=O)CCNS(=O)(=O)c1ccc(C)cc1C)c1ccc(OC)cc1. The summed E-state index contributed by atoms with van der Waals surface area (Å²) in [5.74, 6) is 0.553. The summed E-state index contributed by atoms with van der Waals surface area (Å²) in [5.41, 5.74) is 2.66. The Balaban J connectivity index is 1.91. The van der Waals surface area contributed by atoms with Crippen LogP contribution in [0.2, 0.25) is 0 Å². The highest BCUT2D eigenvalue weighted by Crippen LogP contribution is 2.20. The number of ether oxygens (including phenoxy) is 1. The molecule has 1 atom stereocenters. The summed E-state index contributed by atoms with van der Waals surface area (Å²) in [5, 5.41) is 2.95. The first-order chi connectivity index (χ1) is 13.3. The molecule has 0 radical (unpaired) electrons. The van der Waals surface area contributed by atoms with E-state index in [0.717, 1.165) is 23.3 Å². The zero-order valence-electron chi connectivity index (χ0n) is 16.8. The van der Waals surface area contributed by atoms with Crippen molar-refractivity contribution in [2.45, 2.75) is 44.6 Å². The summed E-state index contributed by atoms with van der Waals surface area (Å²) < 4.78 is 32.6. The fourth-order valence-corrected chi connectivity index (χ4v) is 4.26. The number of sulfonamides is 1. The molecule has 1 unspecified atom stereocenters. The average molecular weight is 405 g/mol. The van der Waals surface area contributed by atoms with E-state index in [1.54, 1.807) is 26.2 Å². The Labute approximate surface area is 167 Å². The Morgan fingerprint density at radius 2 is 1.79 bits per heavy atom. The Hall–Kier alpha value is -2.38. The topological polar surface area (TPSA) is 84.5 Å². The standard InChI is InChI=1S/C21H28N2O4S/c1-5-19(17-7-9-18(27-4)10-8-17)23-21(24)12-13-22-28(25,26)20-11-6-15(2)14-16(20)3/h6-11,14,19,22H,5,12-13H2,1-4H3,(H,23,24). The lowest BCUT2D eigenvalue weighted by atomic mass is 10.0. The molecule has 2 rings (SSSR count). The zero-order chi connectivity index (χ0) is 20.7. The molecule has 0 aromatic heterocycles. The molecule has 2 aromatic rings. The number of benzene rings is 2. The van der Waals surface area contributed by atoms with Gasteiger partial charge in [-0.1, -0.05) is 36.8 Å². The molecule has 28 heavy (non-hydrogen) atoms. The maximum atomic E-state index is 12.5. The van der Waals surface area contributed by atoms with E-state index in [9.17, 15) is 13.2 Å². The Kier molecular flexibility index (Phi) is 7.60. The van der Waals surface area contributed by atoms with Gasteiger partial charge >= 0.3 is 0 Å². The van der Waals surface area contributed by atoms with Gasteiger partial charge in [-0.15, -0.1) is 0 Å². The molecule has 0 aliphatic rings. The van der Waals surface area contributed by atoms with Gasteiger partial charge in [0, 0.05) is 13.0 Å². The predicted molar refractivity (Wildman–Crippen MR) is 110 cm³/mol. The first kappa shape index (κ1) is 21.9. The van der Waals surface area contributed by atoms with Crippen LogP contribution in [0.15, 0.2) is 47.4 Å². The third kappa shape index (κ3) is 5.81. The molecule has 0 fully saturated rings. The summed E-state index contributed by atoms with van der Waals surface area (Å²) in [6.45, 7) is 5.70. The fourth-order valence-electron chi connectivity index (χ4n) is 3.00. The van der Waals surface area contributed by atoms with Crippen molar-refractivity contribution in [1.29, 1.82) is 0 Å². The largest absolute Gasteiger partial charge is 0.497 e. The minimum Gasteiger partial charge on any atom is -0.497 e. The summed E-state index contributed by atoms with van der Waals surface area (Å²) >= 11 is 0. The van der Waals surface area contributed by atoms with Gasteiger partial charge in [0.05, 0.1) is 18.0 Å². The van der Waals surface area contributed by atoms with Crippen molar-refractivity contribution in [3.05, 3.63) is 59.2 Å². The van der Waals surface area contributed by atoms with E-state index in [4.69, 9.17) is 4.74 Å². The van der Waals surface area contributed by atoms with E-state index in [1.165, 1.54) is 0 Å².